The van der Waals surface area contributed by atoms with E-state index in [2.05, 4.69) is 10.3 Å². The first-order valence-electron chi connectivity index (χ1n) is 2.78. The van der Waals surface area contributed by atoms with Gasteiger partial charge in [-0.2, -0.15) is 26.3 Å². The lowest BCUT2D eigenvalue weighted by molar-refractivity contribution is -0.0929. The Morgan fingerprint density at radius 1 is 0.923 bits per heavy atom. The molecular formula is C5F6N2. The molecule has 1 aliphatic heterocycles. The first kappa shape index (κ1) is 9.87. The third-order valence-corrected chi connectivity index (χ3v) is 1.01. The van der Waals surface area contributed by atoms with E-state index in [1.54, 1.807) is 0 Å². The maximum absolute atomic E-state index is 11.7. The van der Waals surface area contributed by atoms with Crippen molar-refractivity contribution in [3.63, 3.8) is 0 Å². The van der Waals surface area contributed by atoms with Crippen molar-refractivity contribution in [2.24, 2.45) is 4.99 Å². The Labute approximate surface area is 67.9 Å². The number of hydrogen-bond donors (Lipinski definition) is 0. The van der Waals surface area contributed by atoms with E-state index < -0.39 is 23.9 Å². The average Bonchev–Trinajstić information content (AvgIpc) is 2.28. The summed E-state index contributed by atoms with van der Waals surface area (Å²) >= 11 is 0. The lowest BCUT2D eigenvalue weighted by atomic mass is 10.5. The van der Waals surface area contributed by atoms with Gasteiger partial charge in [0.25, 0.3) is 0 Å². The van der Waals surface area contributed by atoms with E-state index in [4.69, 9.17) is 0 Å². The predicted octanol–water partition coefficient (Wildman–Crippen LogP) is 1.77. The molecule has 0 aromatic rings. The van der Waals surface area contributed by atoms with Crippen molar-refractivity contribution in [3.05, 3.63) is 11.9 Å². The minimum atomic E-state index is -4.97. The first-order chi connectivity index (χ1) is 5.71. The summed E-state index contributed by atoms with van der Waals surface area (Å²) in [5, 5.41) is 2.37. The third kappa shape index (κ3) is 2.13. The summed E-state index contributed by atoms with van der Waals surface area (Å²) in [6.07, 6.45) is -8.77. The Morgan fingerprint density at radius 2 is 1.46 bits per heavy atom. The van der Waals surface area contributed by atoms with Crippen LogP contribution >= 0.6 is 0 Å². The minimum absolute atomic E-state index is 1.15. The van der Waals surface area contributed by atoms with E-state index in [-0.39, 0.29) is 0 Å². The Bertz CT molecular complexity index is 270. The maximum atomic E-state index is 11.7. The third-order valence-electron chi connectivity index (χ3n) is 1.01. The van der Waals surface area contributed by atoms with Gasteiger partial charge in [0.05, 0.1) is 0 Å². The van der Waals surface area contributed by atoms with Gasteiger partial charge in [0.2, 0.25) is 5.84 Å². The zero-order valence-electron chi connectivity index (χ0n) is 5.66. The molecule has 0 aliphatic carbocycles. The van der Waals surface area contributed by atoms with Crippen LogP contribution in [0.25, 0.3) is 0 Å². The second-order valence-electron chi connectivity index (χ2n) is 2.00. The second kappa shape index (κ2) is 2.64. The van der Waals surface area contributed by atoms with Crippen molar-refractivity contribution in [3.8, 4) is 0 Å². The largest absolute Gasteiger partial charge is 0.451 e. The van der Waals surface area contributed by atoms with E-state index in [0.717, 1.165) is 6.20 Å². The van der Waals surface area contributed by atoms with Gasteiger partial charge in [0.1, 0.15) is 6.20 Å². The van der Waals surface area contributed by atoms with Crippen LogP contribution in [0, 0.1) is 6.20 Å². The zero-order chi connectivity index (χ0) is 10.3. The average molecular weight is 202 g/mol. The highest BCUT2D eigenvalue weighted by Gasteiger charge is 2.44. The highest BCUT2D eigenvalue weighted by Crippen LogP contribution is 2.30. The molecule has 0 amide bonds. The Morgan fingerprint density at radius 3 is 1.69 bits per heavy atom. The molecule has 0 aromatic heterocycles. The predicted molar refractivity (Wildman–Crippen MR) is 28.4 cm³/mol. The van der Waals surface area contributed by atoms with Crippen LogP contribution in [0.2, 0.25) is 0 Å². The molecule has 0 N–H and O–H groups in total. The normalized spacial score (nSPS) is 18.0. The molecule has 0 spiro atoms. The summed E-state index contributed by atoms with van der Waals surface area (Å²) in [6, 6.07) is 0. The van der Waals surface area contributed by atoms with Gasteiger partial charge in [0.15, 0.2) is 5.70 Å². The zero-order valence-corrected chi connectivity index (χ0v) is 5.66. The molecule has 13 heavy (non-hydrogen) atoms. The van der Waals surface area contributed by atoms with Gasteiger partial charge in [-0.1, -0.05) is 0 Å². The number of amidine groups is 1. The van der Waals surface area contributed by atoms with Gasteiger partial charge in [0, 0.05) is 0 Å². The molecule has 0 saturated carbocycles. The molecule has 1 heterocycles. The molecule has 0 fully saturated rings. The van der Waals surface area contributed by atoms with Crippen molar-refractivity contribution in [1.29, 1.82) is 0 Å². The number of hydrogen-bond acceptors (Lipinski definition) is 1. The minimum Gasteiger partial charge on any atom is -0.220 e. The van der Waals surface area contributed by atoms with E-state index in [9.17, 15) is 26.3 Å². The summed E-state index contributed by atoms with van der Waals surface area (Å²) < 4.78 is 70.1. The van der Waals surface area contributed by atoms with Gasteiger partial charge in [-0.3, -0.25) is 0 Å². The summed E-state index contributed by atoms with van der Waals surface area (Å²) in [7, 11) is 0. The smallest absolute Gasteiger partial charge is 0.220 e. The number of aliphatic imine (C=N–C) groups is 1. The Hall–Kier alpha value is -1.21. The fourth-order valence-corrected chi connectivity index (χ4v) is 0.515. The van der Waals surface area contributed by atoms with Crippen molar-refractivity contribution < 1.29 is 26.3 Å². The molecule has 0 unspecified atom stereocenters. The van der Waals surface area contributed by atoms with E-state index in [1.807, 2.05) is 0 Å². The molecular weight excluding hydrogens is 202 g/mol. The van der Waals surface area contributed by atoms with Crippen LogP contribution in [0.15, 0.2) is 10.7 Å². The summed E-state index contributed by atoms with van der Waals surface area (Å²) in [5.41, 5.74) is -1.76. The van der Waals surface area contributed by atoms with Gasteiger partial charge < -0.3 is 0 Å². The highest BCUT2D eigenvalue weighted by molar-refractivity contribution is 5.90. The highest BCUT2D eigenvalue weighted by atomic mass is 19.4. The van der Waals surface area contributed by atoms with Gasteiger partial charge in [-0.15, -0.1) is 0 Å². The Balaban J connectivity index is 2.84. The van der Waals surface area contributed by atoms with Crippen molar-refractivity contribution in [2.45, 2.75) is 12.4 Å². The van der Waals surface area contributed by atoms with Crippen LogP contribution in [0.4, 0.5) is 26.3 Å². The quantitative estimate of drug-likeness (QED) is 0.535. The SMILES string of the molecule is FC(F)(F)C1=[C][N]C(C(F)(F)F)=N1. The standard InChI is InChI=1S/C5F6N2/c6-4(7,8)2-1-12-3(13-2)5(9,10)11. The van der Waals surface area contributed by atoms with Crippen molar-refractivity contribution >= 4 is 5.84 Å². The maximum Gasteiger partial charge on any atom is 0.451 e. The molecule has 2 radical (unpaired) electrons. The Kier molecular flexibility index (Phi) is 2.01. The second-order valence-corrected chi connectivity index (χ2v) is 2.00. The molecule has 1 rings (SSSR count). The molecule has 72 valence electrons. The van der Waals surface area contributed by atoms with Crippen LogP contribution in [0.3, 0.4) is 0 Å². The van der Waals surface area contributed by atoms with Crippen LogP contribution in [-0.4, -0.2) is 18.2 Å². The number of alkyl halides is 6. The molecule has 0 atom stereocenters. The number of rotatable bonds is 0. The van der Waals surface area contributed by atoms with E-state index >= 15 is 0 Å². The van der Waals surface area contributed by atoms with Crippen molar-refractivity contribution in [2.75, 3.05) is 0 Å². The summed E-state index contributed by atoms with van der Waals surface area (Å²) in [6.45, 7) is 0. The van der Waals surface area contributed by atoms with Gasteiger partial charge in [-0.25, -0.2) is 10.3 Å². The molecule has 8 heteroatoms. The topological polar surface area (TPSA) is 26.5 Å². The molecule has 0 saturated heterocycles. The lowest BCUT2D eigenvalue weighted by Crippen LogP contribution is -2.27. The van der Waals surface area contributed by atoms with Crippen LogP contribution in [0.5, 0.6) is 0 Å². The number of halogens is 6. The van der Waals surface area contributed by atoms with Gasteiger partial charge >= 0.3 is 12.4 Å². The van der Waals surface area contributed by atoms with E-state index in [1.165, 1.54) is 0 Å². The summed E-state index contributed by atoms with van der Waals surface area (Å²) in [4.78, 5) is 2.24. The monoisotopic (exact) mass is 202 g/mol. The van der Waals surface area contributed by atoms with E-state index in [0.29, 0.717) is 0 Å². The van der Waals surface area contributed by atoms with Crippen LogP contribution in [0.1, 0.15) is 0 Å². The number of allylic oxidation sites excluding steroid dienone is 1. The van der Waals surface area contributed by atoms with Crippen LogP contribution < -0.4 is 5.32 Å². The van der Waals surface area contributed by atoms with Crippen LogP contribution in [-0.2, 0) is 0 Å². The fraction of sp³-hybridized carbons (Fsp3) is 0.400. The lowest BCUT2D eigenvalue weighted by Gasteiger charge is -2.03. The molecule has 0 bridgehead atoms. The summed E-state index contributed by atoms with van der Waals surface area (Å²) in [5.74, 6) is -1.83. The fourth-order valence-electron chi connectivity index (χ4n) is 0.515. The molecule has 0 aromatic carbocycles. The first-order valence-corrected chi connectivity index (χ1v) is 2.78. The molecule has 1 aliphatic rings. The number of nitrogens with zero attached hydrogens (tertiary/aromatic N) is 2. The van der Waals surface area contributed by atoms with Crippen molar-refractivity contribution in [1.82, 2.24) is 5.32 Å². The molecule has 2 nitrogen and oxygen atoms in total. The van der Waals surface area contributed by atoms with Gasteiger partial charge in [-0.05, 0) is 0 Å².